The van der Waals surface area contributed by atoms with Crippen molar-refractivity contribution in [3.63, 3.8) is 0 Å². The highest BCUT2D eigenvalue weighted by molar-refractivity contribution is 9.10. The first-order chi connectivity index (χ1) is 9.31. The molecule has 1 atom stereocenters. The first-order valence-corrected chi connectivity index (χ1v) is 7.50. The SMILES string of the molecule is CC(C)C(CN(C)C)NCc1ccc(C(=O)O)cc1Br. The Labute approximate surface area is 129 Å². The molecule has 0 aromatic heterocycles. The molecule has 5 heteroatoms. The van der Waals surface area contributed by atoms with Crippen LogP contribution in [-0.2, 0) is 6.54 Å². The topological polar surface area (TPSA) is 52.6 Å². The van der Waals surface area contributed by atoms with Crippen LogP contribution in [0.4, 0.5) is 0 Å². The smallest absolute Gasteiger partial charge is 0.335 e. The molecule has 0 aliphatic rings. The fraction of sp³-hybridized carbons (Fsp3) is 0.533. The number of hydrogen-bond donors (Lipinski definition) is 2. The number of rotatable bonds is 7. The van der Waals surface area contributed by atoms with E-state index in [1.54, 1.807) is 12.1 Å². The zero-order valence-corrected chi connectivity index (χ0v) is 14.1. The Morgan fingerprint density at radius 3 is 2.50 bits per heavy atom. The van der Waals surface area contributed by atoms with Crippen molar-refractivity contribution in [3.05, 3.63) is 33.8 Å². The Morgan fingerprint density at radius 2 is 2.05 bits per heavy atom. The van der Waals surface area contributed by atoms with E-state index in [0.29, 0.717) is 17.5 Å². The van der Waals surface area contributed by atoms with Crippen LogP contribution in [0.3, 0.4) is 0 Å². The number of likely N-dealkylation sites (N-methyl/N-ethyl adjacent to an activating group) is 1. The maximum Gasteiger partial charge on any atom is 0.335 e. The fourth-order valence-corrected chi connectivity index (χ4v) is 2.49. The first-order valence-electron chi connectivity index (χ1n) is 6.71. The van der Waals surface area contributed by atoms with Gasteiger partial charge in [0.2, 0.25) is 0 Å². The van der Waals surface area contributed by atoms with E-state index in [2.05, 4.69) is 54.1 Å². The van der Waals surface area contributed by atoms with Crippen LogP contribution in [0.25, 0.3) is 0 Å². The maximum absolute atomic E-state index is 10.9. The van der Waals surface area contributed by atoms with Gasteiger partial charge in [-0.2, -0.15) is 0 Å². The van der Waals surface area contributed by atoms with E-state index < -0.39 is 5.97 Å². The van der Waals surface area contributed by atoms with Gasteiger partial charge in [-0.3, -0.25) is 0 Å². The van der Waals surface area contributed by atoms with Crippen LogP contribution in [0.15, 0.2) is 22.7 Å². The first kappa shape index (κ1) is 17.1. The summed E-state index contributed by atoms with van der Waals surface area (Å²) < 4.78 is 0.831. The highest BCUT2D eigenvalue weighted by Crippen LogP contribution is 2.19. The molecular formula is C15H23BrN2O2. The van der Waals surface area contributed by atoms with Crippen LogP contribution in [0.1, 0.15) is 29.8 Å². The Kier molecular flexibility index (Phi) is 6.65. The Morgan fingerprint density at radius 1 is 1.40 bits per heavy atom. The number of carboxylic acids is 1. The molecule has 0 aliphatic carbocycles. The Hall–Kier alpha value is -0.910. The molecular weight excluding hydrogens is 320 g/mol. The van der Waals surface area contributed by atoms with Crippen molar-refractivity contribution in [2.24, 2.45) is 5.92 Å². The van der Waals surface area contributed by atoms with Crippen molar-refractivity contribution in [3.8, 4) is 0 Å². The van der Waals surface area contributed by atoms with Gasteiger partial charge in [0.15, 0.2) is 0 Å². The molecule has 1 rings (SSSR count). The van der Waals surface area contributed by atoms with Crippen molar-refractivity contribution >= 4 is 21.9 Å². The third-order valence-electron chi connectivity index (χ3n) is 3.22. The van der Waals surface area contributed by atoms with Crippen LogP contribution < -0.4 is 5.32 Å². The second-order valence-corrected chi connectivity index (χ2v) is 6.46. The maximum atomic E-state index is 10.9. The number of carboxylic acid groups (broad SMARTS) is 1. The lowest BCUT2D eigenvalue weighted by Crippen LogP contribution is -2.41. The summed E-state index contributed by atoms with van der Waals surface area (Å²) in [5, 5.41) is 12.5. The minimum absolute atomic E-state index is 0.300. The van der Waals surface area contributed by atoms with E-state index in [4.69, 9.17) is 5.11 Å². The van der Waals surface area contributed by atoms with Crippen LogP contribution in [0.5, 0.6) is 0 Å². The summed E-state index contributed by atoms with van der Waals surface area (Å²) in [6, 6.07) is 5.54. The summed E-state index contributed by atoms with van der Waals surface area (Å²) in [6.45, 7) is 6.09. The molecule has 1 unspecified atom stereocenters. The van der Waals surface area contributed by atoms with E-state index in [9.17, 15) is 4.79 Å². The molecule has 0 heterocycles. The van der Waals surface area contributed by atoms with Crippen LogP contribution in [0.2, 0.25) is 0 Å². The molecule has 0 aliphatic heterocycles. The molecule has 0 radical (unpaired) electrons. The van der Waals surface area contributed by atoms with Crippen LogP contribution >= 0.6 is 15.9 Å². The molecule has 0 amide bonds. The number of carbonyl (C=O) groups is 1. The lowest BCUT2D eigenvalue weighted by Gasteiger charge is -2.26. The Bertz CT molecular complexity index is 461. The summed E-state index contributed by atoms with van der Waals surface area (Å²) in [5.41, 5.74) is 1.37. The summed E-state index contributed by atoms with van der Waals surface area (Å²) in [5.74, 6) is -0.368. The van der Waals surface area contributed by atoms with Crippen molar-refractivity contribution < 1.29 is 9.90 Å². The quantitative estimate of drug-likeness (QED) is 0.799. The van der Waals surface area contributed by atoms with Gasteiger partial charge in [-0.25, -0.2) is 4.79 Å². The number of halogens is 1. The van der Waals surface area contributed by atoms with Crippen molar-refractivity contribution in [2.75, 3.05) is 20.6 Å². The van der Waals surface area contributed by atoms with Crippen molar-refractivity contribution in [1.29, 1.82) is 0 Å². The minimum Gasteiger partial charge on any atom is -0.478 e. The van der Waals surface area contributed by atoms with Gasteiger partial charge >= 0.3 is 5.97 Å². The van der Waals surface area contributed by atoms with E-state index in [-0.39, 0.29) is 0 Å². The zero-order chi connectivity index (χ0) is 15.3. The number of nitrogens with zero attached hydrogens (tertiary/aromatic N) is 1. The van der Waals surface area contributed by atoms with E-state index in [1.807, 2.05) is 6.07 Å². The predicted octanol–water partition coefficient (Wildman–Crippen LogP) is 2.82. The molecule has 2 N–H and O–H groups in total. The van der Waals surface area contributed by atoms with Gasteiger partial charge in [0.1, 0.15) is 0 Å². The molecule has 112 valence electrons. The van der Waals surface area contributed by atoms with E-state index >= 15 is 0 Å². The van der Waals surface area contributed by atoms with Gasteiger partial charge in [0.25, 0.3) is 0 Å². The Balaban J connectivity index is 2.70. The highest BCUT2D eigenvalue weighted by Gasteiger charge is 2.14. The van der Waals surface area contributed by atoms with Gasteiger partial charge in [-0.15, -0.1) is 0 Å². The molecule has 0 saturated heterocycles. The molecule has 4 nitrogen and oxygen atoms in total. The number of benzene rings is 1. The average molecular weight is 343 g/mol. The number of nitrogens with one attached hydrogen (secondary N) is 1. The number of hydrogen-bond acceptors (Lipinski definition) is 3. The third kappa shape index (κ3) is 5.23. The molecule has 1 aromatic carbocycles. The molecule has 0 spiro atoms. The lowest BCUT2D eigenvalue weighted by atomic mass is 10.0. The third-order valence-corrected chi connectivity index (χ3v) is 3.96. The summed E-state index contributed by atoms with van der Waals surface area (Å²) in [6.07, 6.45) is 0. The van der Waals surface area contributed by atoms with Crippen molar-refractivity contribution in [1.82, 2.24) is 10.2 Å². The minimum atomic E-state index is -0.905. The van der Waals surface area contributed by atoms with Crippen LogP contribution in [-0.4, -0.2) is 42.7 Å². The standard InChI is InChI=1S/C15H23BrN2O2/c1-10(2)14(9-18(3)4)17-8-12-6-5-11(15(19)20)7-13(12)16/h5-7,10,14,17H,8-9H2,1-4H3,(H,19,20). The molecule has 20 heavy (non-hydrogen) atoms. The summed E-state index contributed by atoms with van der Waals surface area (Å²) >= 11 is 3.44. The molecule has 1 aromatic rings. The largest absolute Gasteiger partial charge is 0.478 e. The summed E-state index contributed by atoms with van der Waals surface area (Å²) in [4.78, 5) is 13.1. The number of aromatic carboxylic acids is 1. The molecule has 0 saturated carbocycles. The van der Waals surface area contributed by atoms with E-state index in [0.717, 1.165) is 23.1 Å². The second-order valence-electron chi connectivity index (χ2n) is 5.60. The van der Waals surface area contributed by atoms with Crippen molar-refractivity contribution in [2.45, 2.75) is 26.4 Å². The molecule has 0 bridgehead atoms. The average Bonchev–Trinajstić information content (AvgIpc) is 2.34. The van der Waals surface area contributed by atoms with Gasteiger partial charge in [-0.1, -0.05) is 35.8 Å². The normalized spacial score (nSPS) is 12.9. The second kappa shape index (κ2) is 7.76. The monoisotopic (exact) mass is 342 g/mol. The fourth-order valence-electron chi connectivity index (χ4n) is 1.97. The van der Waals surface area contributed by atoms with Gasteiger partial charge in [-0.05, 0) is 37.7 Å². The summed E-state index contributed by atoms with van der Waals surface area (Å²) in [7, 11) is 4.13. The van der Waals surface area contributed by atoms with Crippen LogP contribution in [0, 0.1) is 5.92 Å². The zero-order valence-electron chi connectivity index (χ0n) is 12.5. The van der Waals surface area contributed by atoms with Gasteiger partial charge < -0.3 is 15.3 Å². The van der Waals surface area contributed by atoms with E-state index in [1.165, 1.54) is 0 Å². The lowest BCUT2D eigenvalue weighted by molar-refractivity contribution is 0.0697. The highest BCUT2D eigenvalue weighted by atomic mass is 79.9. The predicted molar refractivity (Wildman–Crippen MR) is 85.1 cm³/mol. The van der Waals surface area contributed by atoms with Gasteiger partial charge in [0, 0.05) is 23.6 Å². The van der Waals surface area contributed by atoms with Gasteiger partial charge in [0.05, 0.1) is 5.56 Å². The molecule has 0 fully saturated rings.